The zero-order valence-electron chi connectivity index (χ0n) is 19.4. The Morgan fingerprint density at radius 3 is 2.56 bits per heavy atom. The number of methoxy groups -OCH3 is 1. The number of aromatic nitrogens is 1. The molecule has 0 bridgehead atoms. The first-order chi connectivity index (χ1) is 16.5. The van der Waals surface area contributed by atoms with Gasteiger partial charge in [-0.2, -0.15) is 0 Å². The molecule has 34 heavy (non-hydrogen) atoms. The summed E-state index contributed by atoms with van der Waals surface area (Å²) < 4.78 is 6.06. The predicted molar refractivity (Wildman–Crippen MR) is 125 cm³/mol. The summed E-state index contributed by atoms with van der Waals surface area (Å²) in [4.78, 5) is 45.5. The average Bonchev–Trinajstić information content (AvgIpc) is 3.38. The van der Waals surface area contributed by atoms with Crippen molar-refractivity contribution in [2.75, 3.05) is 33.3 Å². The third-order valence-corrected chi connectivity index (χ3v) is 7.62. The minimum atomic E-state index is -0.305. The van der Waals surface area contributed by atoms with Crippen LogP contribution in [-0.4, -0.2) is 71.9 Å². The lowest BCUT2D eigenvalue weighted by atomic mass is 9.72. The summed E-state index contributed by atoms with van der Waals surface area (Å²) in [6.07, 6.45) is 4.18. The number of fused-ring (bicyclic) bond motifs is 2. The molecule has 2 atom stereocenters. The van der Waals surface area contributed by atoms with Crippen molar-refractivity contribution >= 4 is 17.7 Å². The van der Waals surface area contributed by atoms with E-state index in [1.165, 1.54) is 5.56 Å². The van der Waals surface area contributed by atoms with Crippen LogP contribution in [0, 0.1) is 0 Å². The van der Waals surface area contributed by atoms with Crippen LogP contribution in [0.2, 0.25) is 0 Å². The number of hydrogen-bond donors (Lipinski definition) is 1. The summed E-state index contributed by atoms with van der Waals surface area (Å²) in [7, 11) is 1.69. The van der Waals surface area contributed by atoms with Gasteiger partial charge in [-0.1, -0.05) is 30.3 Å². The molecule has 1 aromatic carbocycles. The average molecular weight is 463 g/mol. The van der Waals surface area contributed by atoms with Crippen molar-refractivity contribution in [2.24, 2.45) is 0 Å². The summed E-state index contributed by atoms with van der Waals surface area (Å²) >= 11 is 0. The van der Waals surface area contributed by atoms with E-state index >= 15 is 0 Å². The second kappa shape index (κ2) is 9.18. The molecule has 1 N–H and O–H groups in total. The van der Waals surface area contributed by atoms with Crippen molar-refractivity contribution in [3.8, 4) is 0 Å². The molecule has 2 aromatic rings. The van der Waals surface area contributed by atoms with E-state index in [1.54, 1.807) is 36.4 Å². The minimum Gasteiger partial charge on any atom is -0.378 e. The van der Waals surface area contributed by atoms with E-state index in [4.69, 9.17) is 4.74 Å². The number of amides is 3. The first kappa shape index (κ1) is 22.5. The smallest absolute Gasteiger partial charge is 0.270 e. The molecule has 0 saturated carbocycles. The summed E-state index contributed by atoms with van der Waals surface area (Å²) in [5.74, 6) is -0.162. The summed E-state index contributed by atoms with van der Waals surface area (Å²) in [6, 6.07) is 13.1. The van der Waals surface area contributed by atoms with Crippen LogP contribution in [0.25, 0.3) is 0 Å². The standard InChI is InChI=1S/C26H30N4O4/c1-34-24-23(28-25(33)20-9-4-5-13-27-20)18-7-2-3-8-19(18)26(24)11-15-29(16-12-26)22(32)17-30-14-6-10-21(30)31/h2-5,7-9,13,23-24H,6,10-12,14-17H2,1H3,(H,28,33)/t23-,24+/m1/s1. The van der Waals surface area contributed by atoms with Gasteiger partial charge in [0.1, 0.15) is 5.69 Å². The number of nitrogens with one attached hydrogen (secondary N) is 1. The Kier molecular flexibility index (Phi) is 6.08. The summed E-state index contributed by atoms with van der Waals surface area (Å²) in [6.45, 7) is 2.02. The molecule has 8 heteroatoms. The molecule has 3 heterocycles. The van der Waals surface area contributed by atoms with Crippen LogP contribution in [0.5, 0.6) is 0 Å². The van der Waals surface area contributed by atoms with Crippen LogP contribution in [0.4, 0.5) is 0 Å². The highest BCUT2D eigenvalue weighted by Crippen LogP contribution is 2.52. The van der Waals surface area contributed by atoms with E-state index in [2.05, 4.69) is 22.4 Å². The maximum absolute atomic E-state index is 13.0. The highest BCUT2D eigenvalue weighted by molar-refractivity contribution is 5.92. The van der Waals surface area contributed by atoms with Gasteiger partial charge in [0.15, 0.2) is 0 Å². The highest BCUT2D eigenvalue weighted by Gasteiger charge is 2.54. The Hall–Kier alpha value is -3.26. The normalized spacial score (nSPS) is 23.3. The first-order valence-corrected chi connectivity index (χ1v) is 11.9. The van der Waals surface area contributed by atoms with Crippen LogP contribution in [0.15, 0.2) is 48.7 Å². The van der Waals surface area contributed by atoms with Crippen molar-refractivity contribution < 1.29 is 19.1 Å². The van der Waals surface area contributed by atoms with E-state index < -0.39 is 0 Å². The fraction of sp³-hybridized carbons (Fsp3) is 0.462. The predicted octanol–water partition coefficient (Wildman–Crippen LogP) is 2.06. The highest BCUT2D eigenvalue weighted by atomic mass is 16.5. The quantitative estimate of drug-likeness (QED) is 0.735. The maximum Gasteiger partial charge on any atom is 0.270 e. The molecule has 2 aliphatic heterocycles. The number of carbonyl (C=O) groups is 3. The van der Waals surface area contributed by atoms with Crippen LogP contribution in [0.1, 0.15) is 53.3 Å². The largest absolute Gasteiger partial charge is 0.378 e. The van der Waals surface area contributed by atoms with Gasteiger partial charge in [-0.05, 0) is 42.5 Å². The Labute approximate surface area is 199 Å². The van der Waals surface area contributed by atoms with Gasteiger partial charge in [-0.3, -0.25) is 19.4 Å². The second-order valence-corrected chi connectivity index (χ2v) is 9.37. The molecular weight excluding hydrogens is 432 g/mol. The molecule has 3 amide bonds. The molecule has 3 aliphatic rings. The van der Waals surface area contributed by atoms with Gasteiger partial charge < -0.3 is 19.9 Å². The number of piperidine rings is 1. The number of benzene rings is 1. The molecule has 2 fully saturated rings. The molecule has 2 saturated heterocycles. The molecule has 178 valence electrons. The Morgan fingerprint density at radius 2 is 1.88 bits per heavy atom. The van der Waals surface area contributed by atoms with Gasteiger partial charge in [-0.15, -0.1) is 0 Å². The van der Waals surface area contributed by atoms with Crippen LogP contribution < -0.4 is 5.32 Å². The Morgan fingerprint density at radius 1 is 1.12 bits per heavy atom. The molecule has 8 nitrogen and oxygen atoms in total. The number of likely N-dealkylation sites (tertiary alicyclic amines) is 2. The van der Waals surface area contributed by atoms with E-state index in [0.717, 1.165) is 24.8 Å². The Balaban J connectivity index is 1.35. The summed E-state index contributed by atoms with van der Waals surface area (Å²) in [5.41, 5.74) is 2.30. The van der Waals surface area contributed by atoms with E-state index in [1.807, 2.05) is 17.0 Å². The number of ether oxygens (including phenoxy) is 1. The van der Waals surface area contributed by atoms with Gasteiger partial charge in [0.05, 0.1) is 18.7 Å². The van der Waals surface area contributed by atoms with Crippen molar-refractivity contribution in [1.29, 1.82) is 0 Å². The van der Waals surface area contributed by atoms with E-state index in [-0.39, 0.29) is 41.8 Å². The van der Waals surface area contributed by atoms with Crippen molar-refractivity contribution in [2.45, 2.75) is 43.2 Å². The molecule has 1 aliphatic carbocycles. The van der Waals surface area contributed by atoms with Crippen LogP contribution >= 0.6 is 0 Å². The number of rotatable bonds is 5. The lowest BCUT2D eigenvalue weighted by Crippen LogP contribution is -2.53. The van der Waals surface area contributed by atoms with Crippen LogP contribution in [-0.2, 0) is 19.7 Å². The minimum absolute atomic E-state index is 0.00496. The van der Waals surface area contributed by atoms with Gasteiger partial charge in [0.2, 0.25) is 11.8 Å². The number of pyridine rings is 1. The van der Waals surface area contributed by atoms with Crippen LogP contribution in [0.3, 0.4) is 0 Å². The van der Waals surface area contributed by atoms with Crippen molar-refractivity contribution in [3.63, 3.8) is 0 Å². The second-order valence-electron chi connectivity index (χ2n) is 9.37. The molecule has 5 rings (SSSR count). The SMILES string of the molecule is CO[C@H]1[C@H](NC(=O)c2ccccn2)c2ccccc2C12CCN(C(=O)CN1CCCC1=O)CC2. The van der Waals surface area contributed by atoms with Gasteiger partial charge in [0.25, 0.3) is 5.91 Å². The van der Waals surface area contributed by atoms with E-state index in [9.17, 15) is 14.4 Å². The number of nitrogens with zero attached hydrogens (tertiary/aromatic N) is 3. The van der Waals surface area contributed by atoms with Gasteiger partial charge in [-0.25, -0.2) is 0 Å². The van der Waals surface area contributed by atoms with Crippen molar-refractivity contribution in [1.82, 2.24) is 20.1 Å². The first-order valence-electron chi connectivity index (χ1n) is 11.9. The monoisotopic (exact) mass is 462 g/mol. The molecule has 0 unspecified atom stereocenters. The Bertz CT molecular complexity index is 1080. The van der Waals surface area contributed by atoms with Crippen molar-refractivity contribution in [3.05, 3.63) is 65.5 Å². The topological polar surface area (TPSA) is 91.8 Å². The maximum atomic E-state index is 13.0. The molecular formula is C26H30N4O4. The number of hydrogen-bond acceptors (Lipinski definition) is 5. The van der Waals surface area contributed by atoms with Gasteiger partial charge in [0, 0.05) is 44.8 Å². The summed E-state index contributed by atoms with van der Waals surface area (Å²) in [5, 5.41) is 3.16. The lowest BCUT2D eigenvalue weighted by molar-refractivity contribution is -0.140. The van der Waals surface area contributed by atoms with Gasteiger partial charge >= 0.3 is 0 Å². The molecule has 1 aromatic heterocycles. The third-order valence-electron chi connectivity index (χ3n) is 7.62. The zero-order chi connectivity index (χ0) is 23.7. The van der Waals surface area contributed by atoms with E-state index in [0.29, 0.717) is 31.7 Å². The zero-order valence-corrected chi connectivity index (χ0v) is 19.4. The molecule has 0 radical (unpaired) electrons. The fourth-order valence-electron chi connectivity index (χ4n) is 5.93. The third kappa shape index (κ3) is 3.86. The molecule has 1 spiro atoms. The number of carbonyl (C=O) groups excluding carboxylic acids is 3. The fourth-order valence-corrected chi connectivity index (χ4v) is 5.93. The lowest BCUT2D eigenvalue weighted by Gasteiger charge is -2.44.